The Bertz CT molecular complexity index is 461. The van der Waals surface area contributed by atoms with Crippen molar-refractivity contribution in [2.45, 2.75) is 50.9 Å². The molecule has 0 aliphatic heterocycles. The maximum atomic E-state index is 12.3. The fraction of sp³-hybridized carbons (Fsp3) is 0.727. The fourth-order valence-electron chi connectivity index (χ4n) is 2.15. The molecule has 1 aliphatic carbocycles. The Kier molecular flexibility index (Phi) is 4.46. The SMILES string of the molecule is NC(=NCc1nc(C(F)(F)F)n[nH]1)NC1CCCCC1. The Morgan fingerprint density at radius 2 is 2.05 bits per heavy atom. The molecule has 1 fully saturated rings. The van der Waals surface area contributed by atoms with Crippen molar-refractivity contribution in [1.29, 1.82) is 0 Å². The van der Waals surface area contributed by atoms with Gasteiger partial charge in [-0.2, -0.15) is 13.2 Å². The summed E-state index contributed by atoms with van der Waals surface area (Å²) >= 11 is 0. The number of alkyl halides is 3. The van der Waals surface area contributed by atoms with Crippen molar-refractivity contribution in [3.63, 3.8) is 0 Å². The standard InChI is InChI=1S/C11H17F3N6/c12-11(13,14)9-18-8(19-20-9)6-16-10(15)17-7-4-2-1-3-5-7/h7H,1-6H2,(H3,15,16,17)(H,18,19,20). The normalized spacial score (nSPS) is 18.2. The average molecular weight is 290 g/mol. The lowest BCUT2D eigenvalue weighted by Crippen LogP contribution is -2.41. The summed E-state index contributed by atoms with van der Waals surface area (Å²) in [4.78, 5) is 7.28. The molecule has 1 aromatic heterocycles. The Balaban J connectivity index is 1.86. The molecule has 0 amide bonds. The first-order valence-corrected chi connectivity index (χ1v) is 6.50. The van der Waals surface area contributed by atoms with Gasteiger partial charge in [0.2, 0.25) is 0 Å². The van der Waals surface area contributed by atoms with Gasteiger partial charge in [0.05, 0.1) is 0 Å². The Hall–Kier alpha value is -1.80. The van der Waals surface area contributed by atoms with Crippen LogP contribution in [0.3, 0.4) is 0 Å². The number of aromatic amines is 1. The van der Waals surface area contributed by atoms with E-state index in [9.17, 15) is 13.2 Å². The third-order valence-corrected chi connectivity index (χ3v) is 3.14. The van der Waals surface area contributed by atoms with Crippen LogP contribution >= 0.6 is 0 Å². The predicted molar refractivity (Wildman–Crippen MR) is 66.7 cm³/mol. The van der Waals surface area contributed by atoms with Gasteiger partial charge in [-0.05, 0) is 12.8 Å². The van der Waals surface area contributed by atoms with Crippen LogP contribution in [0.4, 0.5) is 13.2 Å². The first kappa shape index (κ1) is 14.6. The predicted octanol–water partition coefficient (Wildman–Crippen LogP) is 1.56. The summed E-state index contributed by atoms with van der Waals surface area (Å²) in [6, 6.07) is 0.299. The third kappa shape index (κ3) is 4.10. The number of aliphatic imine (C=N–C) groups is 1. The van der Waals surface area contributed by atoms with E-state index in [4.69, 9.17) is 5.73 Å². The lowest BCUT2D eigenvalue weighted by atomic mass is 9.96. The van der Waals surface area contributed by atoms with Gasteiger partial charge in [-0.15, -0.1) is 5.10 Å². The molecule has 112 valence electrons. The quantitative estimate of drug-likeness (QED) is 0.582. The van der Waals surface area contributed by atoms with Crippen molar-refractivity contribution >= 4 is 5.96 Å². The Morgan fingerprint density at radius 1 is 1.35 bits per heavy atom. The summed E-state index contributed by atoms with van der Waals surface area (Å²) in [5, 5.41) is 8.36. The maximum absolute atomic E-state index is 12.3. The number of halogens is 3. The van der Waals surface area contributed by atoms with Gasteiger partial charge < -0.3 is 11.1 Å². The number of nitrogens with zero attached hydrogens (tertiary/aromatic N) is 3. The number of hydrogen-bond acceptors (Lipinski definition) is 3. The molecule has 1 aliphatic rings. The molecular formula is C11H17F3N6. The summed E-state index contributed by atoms with van der Waals surface area (Å²) in [5.41, 5.74) is 5.70. The van der Waals surface area contributed by atoms with E-state index >= 15 is 0 Å². The first-order chi connectivity index (χ1) is 9.45. The van der Waals surface area contributed by atoms with E-state index in [1.165, 1.54) is 6.42 Å². The van der Waals surface area contributed by atoms with Crippen LogP contribution in [-0.4, -0.2) is 27.2 Å². The molecule has 9 heteroatoms. The number of H-pyrrole nitrogens is 1. The third-order valence-electron chi connectivity index (χ3n) is 3.14. The summed E-state index contributed by atoms with van der Waals surface area (Å²) in [6.07, 6.45) is 1.06. The van der Waals surface area contributed by atoms with E-state index in [0.29, 0.717) is 6.04 Å². The molecule has 0 bridgehead atoms. The van der Waals surface area contributed by atoms with Gasteiger partial charge in [0.1, 0.15) is 12.4 Å². The van der Waals surface area contributed by atoms with Gasteiger partial charge in [-0.3, -0.25) is 5.10 Å². The smallest absolute Gasteiger partial charge is 0.370 e. The average Bonchev–Trinajstić information content (AvgIpc) is 2.86. The van der Waals surface area contributed by atoms with E-state index in [1.54, 1.807) is 0 Å². The Morgan fingerprint density at radius 3 is 2.65 bits per heavy atom. The molecule has 1 saturated carbocycles. The molecule has 0 saturated heterocycles. The molecule has 0 radical (unpaired) electrons. The lowest BCUT2D eigenvalue weighted by Gasteiger charge is -2.23. The van der Waals surface area contributed by atoms with Crippen LogP contribution in [0.15, 0.2) is 4.99 Å². The van der Waals surface area contributed by atoms with E-state index in [1.807, 2.05) is 0 Å². The van der Waals surface area contributed by atoms with Gasteiger partial charge in [-0.1, -0.05) is 19.3 Å². The molecular weight excluding hydrogens is 273 g/mol. The maximum Gasteiger partial charge on any atom is 0.453 e. The minimum absolute atomic E-state index is 0.0331. The number of guanidine groups is 1. The molecule has 2 rings (SSSR count). The van der Waals surface area contributed by atoms with E-state index in [2.05, 4.69) is 25.5 Å². The van der Waals surface area contributed by atoms with Gasteiger partial charge in [0.25, 0.3) is 5.82 Å². The number of nitrogens with one attached hydrogen (secondary N) is 2. The second-order valence-corrected chi connectivity index (χ2v) is 4.78. The van der Waals surface area contributed by atoms with Crippen LogP contribution in [0.5, 0.6) is 0 Å². The highest BCUT2D eigenvalue weighted by Crippen LogP contribution is 2.25. The molecule has 0 aromatic carbocycles. The highest BCUT2D eigenvalue weighted by molar-refractivity contribution is 5.78. The lowest BCUT2D eigenvalue weighted by molar-refractivity contribution is -0.144. The fourth-order valence-corrected chi connectivity index (χ4v) is 2.15. The van der Waals surface area contributed by atoms with E-state index in [0.717, 1.165) is 25.7 Å². The van der Waals surface area contributed by atoms with Crippen molar-refractivity contribution in [2.24, 2.45) is 10.7 Å². The largest absolute Gasteiger partial charge is 0.453 e. The second kappa shape index (κ2) is 6.10. The summed E-state index contributed by atoms with van der Waals surface area (Å²) in [5.74, 6) is -0.936. The number of hydrogen-bond donors (Lipinski definition) is 3. The zero-order chi connectivity index (χ0) is 14.6. The summed E-state index contributed by atoms with van der Waals surface area (Å²) < 4.78 is 36.9. The number of aromatic nitrogens is 3. The molecule has 0 spiro atoms. The number of nitrogens with two attached hydrogens (primary N) is 1. The molecule has 0 unspecified atom stereocenters. The summed E-state index contributed by atoms with van der Waals surface area (Å²) in [6.45, 7) is -0.0609. The van der Waals surface area contributed by atoms with Crippen LogP contribution in [0.25, 0.3) is 0 Å². The minimum atomic E-state index is -4.55. The van der Waals surface area contributed by atoms with Crippen LogP contribution < -0.4 is 11.1 Å². The molecule has 4 N–H and O–H groups in total. The van der Waals surface area contributed by atoms with E-state index < -0.39 is 12.0 Å². The highest BCUT2D eigenvalue weighted by atomic mass is 19.4. The van der Waals surface area contributed by atoms with Gasteiger partial charge in [-0.25, -0.2) is 9.98 Å². The molecule has 20 heavy (non-hydrogen) atoms. The van der Waals surface area contributed by atoms with Gasteiger partial charge >= 0.3 is 6.18 Å². The molecule has 6 nitrogen and oxygen atoms in total. The van der Waals surface area contributed by atoms with Crippen molar-refractivity contribution < 1.29 is 13.2 Å². The van der Waals surface area contributed by atoms with Crippen LogP contribution in [0, 0.1) is 0 Å². The molecule has 0 atom stereocenters. The zero-order valence-electron chi connectivity index (χ0n) is 10.9. The second-order valence-electron chi connectivity index (χ2n) is 4.78. The minimum Gasteiger partial charge on any atom is -0.370 e. The van der Waals surface area contributed by atoms with Crippen LogP contribution in [-0.2, 0) is 12.7 Å². The summed E-state index contributed by atoms with van der Waals surface area (Å²) in [7, 11) is 0. The van der Waals surface area contributed by atoms with Crippen LogP contribution in [0.2, 0.25) is 0 Å². The van der Waals surface area contributed by atoms with Crippen molar-refractivity contribution in [2.75, 3.05) is 0 Å². The topological polar surface area (TPSA) is 92.0 Å². The number of rotatable bonds is 3. The van der Waals surface area contributed by atoms with Crippen molar-refractivity contribution in [3.05, 3.63) is 11.6 Å². The zero-order valence-corrected chi connectivity index (χ0v) is 10.9. The molecule has 1 aromatic rings. The monoisotopic (exact) mass is 290 g/mol. The first-order valence-electron chi connectivity index (χ1n) is 6.50. The van der Waals surface area contributed by atoms with Gasteiger partial charge in [0, 0.05) is 6.04 Å². The highest BCUT2D eigenvalue weighted by Gasteiger charge is 2.35. The Labute approximate surface area is 114 Å². The van der Waals surface area contributed by atoms with Crippen molar-refractivity contribution in [1.82, 2.24) is 20.5 Å². The van der Waals surface area contributed by atoms with Crippen molar-refractivity contribution in [3.8, 4) is 0 Å². The van der Waals surface area contributed by atoms with Gasteiger partial charge in [0.15, 0.2) is 5.96 Å². The van der Waals surface area contributed by atoms with Crippen LogP contribution in [0.1, 0.15) is 43.8 Å². The van der Waals surface area contributed by atoms with E-state index in [-0.39, 0.29) is 18.3 Å². The molecule has 1 heterocycles.